The molecular formula is C19H23ClN4O5S. The standard InChI is InChI=1S/C19H23ClN4O5S/c1-12(18(25)23-6-8-29-9-7-23)24-5-4-16(19(24)26)22-30(27,28)17-11-13-10-14(20)2-3-15(13)21-17/h2-3,10-12,16,21-22H,4-9H2,1H3/t12-,16-/m0/s1. The van der Waals surface area contributed by atoms with Gasteiger partial charge in [-0.15, -0.1) is 0 Å². The summed E-state index contributed by atoms with van der Waals surface area (Å²) in [4.78, 5) is 31.5. The number of carbonyl (C=O) groups is 2. The smallest absolute Gasteiger partial charge is 0.256 e. The van der Waals surface area contributed by atoms with Crippen molar-refractivity contribution >= 4 is 44.3 Å². The van der Waals surface area contributed by atoms with Gasteiger partial charge in [-0.1, -0.05) is 11.6 Å². The van der Waals surface area contributed by atoms with E-state index >= 15 is 0 Å². The summed E-state index contributed by atoms with van der Waals surface area (Å²) in [5.41, 5.74) is 0.629. The molecule has 162 valence electrons. The Morgan fingerprint density at radius 3 is 2.73 bits per heavy atom. The third-order valence-corrected chi connectivity index (χ3v) is 7.16. The zero-order valence-corrected chi connectivity index (χ0v) is 18.0. The van der Waals surface area contributed by atoms with Crippen LogP contribution in [0, 0.1) is 0 Å². The summed E-state index contributed by atoms with van der Waals surface area (Å²) in [5, 5.41) is 1.12. The summed E-state index contributed by atoms with van der Waals surface area (Å²) in [7, 11) is -3.95. The number of amides is 2. The highest BCUT2D eigenvalue weighted by Gasteiger charge is 2.40. The summed E-state index contributed by atoms with van der Waals surface area (Å²) in [5.74, 6) is -0.547. The van der Waals surface area contributed by atoms with Crippen LogP contribution in [0.2, 0.25) is 5.02 Å². The maximum atomic E-state index is 12.8. The predicted molar refractivity (Wildman–Crippen MR) is 111 cm³/mol. The van der Waals surface area contributed by atoms with Crippen LogP contribution in [-0.2, 0) is 24.3 Å². The van der Waals surface area contributed by atoms with E-state index in [0.29, 0.717) is 55.2 Å². The molecule has 30 heavy (non-hydrogen) atoms. The lowest BCUT2D eigenvalue weighted by Gasteiger charge is -2.32. The van der Waals surface area contributed by atoms with Gasteiger partial charge < -0.3 is 19.5 Å². The van der Waals surface area contributed by atoms with Gasteiger partial charge in [0.15, 0.2) is 0 Å². The lowest BCUT2D eigenvalue weighted by molar-refractivity contribution is -0.146. The summed E-state index contributed by atoms with van der Waals surface area (Å²) in [6, 6.07) is 4.93. The van der Waals surface area contributed by atoms with Gasteiger partial charge in [0.25, 0.3) is 10.0 Å². The quantitative estimate of drug-likeness (QED) is 0.698. The highest BCUT2D eigenvalue weighted by atomic mass is 35.5. The maximum absolute atomic E-state index is 12.8. The van der Waals surface area contributed by atoms with Crippen molar-refractivity contribution in [2.45, 2.75) is 30.5 Å². The first-order valence-corrected chi connectivity index (χ1v) is 11.6. The van der Waals surface area contributed by atoms with Gasteiger partial charge in [-0.3, -0.25) is 9.59 Å². The SMILES string of the molecule is C[C@@H](C(=O)N1CCOCC1)N1CC[C@H](NS(=O)(=O)c2cc3cc(Cl)ccc3[nH]2)C1=O. The van der Waals surface area contributed by atoms with E-state index in [0.717, 1.165) is 0 Å². The molecule has 1 aromatic heterocycles. The van der Waals surface area contributed by atoms with E-state index in [9.17, 15) is 18.0 Å². The molecule has 0 saturated carbocycles. The van der Waals surface area contributed by atoms with Gasteiger partial charge in [0.2, 0.25) is 11.8 Å². The molecule has 2 fully saturated rings. The number of aromatic amines is 1. The van der Waals surface area contributed by atoms with Crippen LogP contribution in [-0.4, -0.2) is 79.9 Å². The number of H-pyrrole nitrogens is 1. The molecule has 3 heterocycles. The number of halogens is 1. The molecule has 2 N–H and O–H groups in total. The Bertz CT molecular complexity index is 1080. The Kier molecular flexibility index (Phi) is 5.75. The van der Waals surface area contributed by atoms with E-state index in [1.54, 1.807) is 30.0 Å². The van der Waals surface area contributed by atoms with Crippen LogP contribution in [0.25, 0.3) is 10.9 Å². The molecular weight excluding hydrogens is 432 g/mol. The first-order chi connectivity index (χ1) is 14.3. The lowest BCUT2D eigenvalue weighted by Crippen LogP contribution is -2.52. The topological polar surface area (TPSA) is 112 Å². The maximum Gasteiger partial charge on any atom is 0.256 e. The summed E-state index contributed by atoms with van der Waals surface area (Å²) in [6.45, 7) is 3.92. The van der Waals surface area contributed by atoms with E-state index in [1.807, 2.05) is 0 Å². The summed E-state index contributed by atoms with van der Waals surface area (Å²) in [6.07, 6.45) is 0.296. The van der Waals surface area contributed by atoms with Gasteiger partial charge in [-0.25, -0.2) is 8.42 Å². The molecule has 2 aliphatic heterocycles. The number of carbonyl (C=O) groups excluding carboxylic acids is 2. The van der Waals surface area contributed by atoms with Crippen molar-refractivity contribution in [3.63, 3.8) is 0 Å². The summed E-state index contributed by atoms with van der Waals surface area (Å²) < 4.78 is 33.4. The van der Waals surface area contributed by atoms with E-state index in [-0.39, 0.29) is 10.9 Å². The first kappa shape index (κ1) is 21.1. The fraction of sp³-hybridized carbons (Fsp3) is 0.474. The second-order valence-corrected chi connectivity index (χ2v) is 9.59. The summed E-state index contributed by atoms with van der Waals surface area (Å²) >= 11 is 5.96. The van der Waals surface area contributed by atoms with Gasteiger partial charge in [-0.2, -0.15) is 4.72 Å². The van der Waals surface area contributed by atoms with Crippen LogP contribution >= 0.6 is 11.6 Å². The van der Waals surface area contributed by atoms with E-state index in [1.165, 1.54) is 11.0 Å². The largest absolute Gasteiger partial charge is 0.378 e. The van der Waals surface area contributed by atoms with Gasteiger partial charge in [0.05, 0.1) is 13.2 Å². The number of nitrogens with one attached hydrogen (secondary N) is 2. The highest BCUT2D eigenvalue weighted by Crippen LogP contribution is 2.24. The number of nitrogens with zero attached hydrogens (tertiary/aromatic N) is 2. The normalized spacial score (nSPS) is 21.4. The van der Waals surface area contributed by atoms with Crippen LogP contribution in [0.1, 0.15) is 13.3 Å². The molecule has 2 amide bonds. The monoisotopic (exact) mass is 454 g/mol. The molecule has 0 spiro atoms. The molecule has 2 atom stereocenters. The Labute approximate surface area is 179 Å². The second kappa shape index (κ2) is 8.18. The molecule has 2 aliphatic rings. The van der Waals surface area contributed by atoms with Gasteiger partial charge in [0.1, 0.15) is 17.1 Å². The molecule has 11 heteroatoms. The van der Waals surface area contributed by atoms with E-state index in [4.69, 9.17) is 16.3 Å². The molecule has 0 bridgehead atoms. The minimum atomic E-state index is -3.95. The van der Waals surface area contributed by atoms with Crippen LogP contribution in [0.3, 0.4) is 0 Å². The van der Waals surface area contributed by atoms with Gasteiger partial charge >= 0.3 is 0 Å². The average Bonchev–Trinajstić information content (AvgIpc) is 3.31. The van der Waals surface area contributed by atoms with E-state index < -0.39 is 28.0 Å². The predicted octanol–water partition coefficient (Wildman–Crippen LogP) is 0.948. The van der Waals surface area contributed by atoms with Crippen LogP contribution in [0.5, 0.6) is 0 Å². The molecule has 1 aromatic carbocycles. The van der Waals surface area contributed by atoms with Crippen LogP contribution in [0.15, 0.2) is 29.3 Å². The zero-order chi connectivity index (χ0) is 21.5. The lowest BCUT2D eigenvalue weighted by atomic mass is 10.2. The van der Waals surface area contributed by atoms with Gasteiger partial charge in [-0.05, 0) is 37.6 Å². The minimum absolute atomic E-state index is 0.0385. The molecule has 0 unspecified atom stereocenters. The number of hydrogen-bond acceptors (Lipinski definition) is 5. The van der Waals surface area contributed by atoms with Crippen molar-refractivity contribution in [2.24, 2.45) is 0 Å². The van der Waals surface area contributed by atoms with Crippen molar-refractivity contribution in [3.05, 3.63) is 29.3 Å². The number of likely N-dealkylation sites (tertiary alicyclic amines) is 1. The first-order valence-electron chi connectivity index (χ1n) is 9.74. The number of hydrogen-bond donors (Lipinski definition) is 2. The number of sulfonamides is 1. The Balaban J connectivity index is 1.45. The van der Waals surface area contributed by atoms with Crippen molar-refractivity contribution < 1.29 is 22.7 Å². The van der Waals surface area contributed by atoms with E-state index in [2.05, 4.69) is 9.71 Å². The zero-order valence-electron chi connectivity index (χ0n) is 16.4. The Morgan fingerprint density at radius 1 is 1.27 bits per heavy atom. The number of ether oxygens (including phenoxy) is 1. The van der Waals surface area contributed by atoms with Crippen LogP contribution in [0.4, 0.5) is 0 Å². The van der Waals surface area contributed by atoms with Crippen molar-refractivity contribution in [3.8, 4) is 0 Å². The van der Waals surface area contributed by atoms with Gasteiger partial charge in [0, 0.05) is 35.6 Å². The molecule has 2 saturated heterocycles. The molecule has 0 radical (unpaired) electrons. The number of benzene rings is 1. The Morgan fingerprint density at radius 2 is 2.00 bits per heavy atom. The van der Waals surface area contributed by atoms with Crippen molar-refractivity contribution in [2.75, 3.05) is 32.8 Å². The third kappa shape index (κ3) is 4.04. The fourth-order valence-electron chi connectivity index (χ4n) is 3.85. The second-order valence-electron chi connectivity index (χ2n) is 7.47. The molecule has 2 aromatic rings. The number of morpholine rings is 1. The highest BCUT2D eigenvalue weighted by molar-refractivity contribution is 7.89. The van der Waals surface area contributed by atoms with Crippen molar-refractivity contribution in [1.29, 1.82) is 0 Å². The van der Waals surface area contributed by atoms with Crippen LogP contribution < -0.4 is 4.72 Å². The Hall–Kier alpha value is -2.14. The minimum Gasteiger partial charge on any atom is -0.378 e. The molecule has 4 rings (SSSR count). The number of fused-ring (bicyclic) bond motifs is 1. The average molecular weight is 455 g/mol. The molecule has 9 nitrogen and oxygen atoms in total. The third-order valence-electron chi connectivity index (χ3n) is 5.53. The number of aromatic nitrogens is 1. The fourth-order valence-corrected chi connectivity index (χ4v) is 5.28. The molecule has 0 aliphatic carbocycles. The number of rotatable bonds is 5. The van der Waals surface area contributed by atoms with Crippen molar-refractivity contribution in [1.82, 2.24) is 19.5 Å².